The molecule has 0 atom stereocenters. The molecule has 0 saturated heterocycles. The van der Waals surface area contributed by atoms with E-state index < -0.39 is 11.7 Å². The minimum Gasteiger partial charge on any atom is -0.423 e. The van der Waals surface area contributed by atoms with Crippen molar-refractivity contribution in [2.75, 3.05) is 0 Å². The van der Waals surface area contributed by atoms with E-state index in [1.165, 1.54) is 0 Å². The fourth-order valence-corrected chi connectivity index (χ4v) is 2.05. The molecule has 0 aliphatic heterocycles. The van der Waals surface area contributed by atoms with Crippen LogP contribution in [0, 0.1) is 0 Å². The highest BCUT2D eigenvalue weighted by Crippen LogP contribution is 2.29. The molecule has 0 N–H and O–H groups in total. The number of unbranched alkanes of at least 4 members (excludes halogenated alkanes) is 1. The molecular weight excluding hydrogens is 269 g/mol. The van der Waals surface area contributed by atoms with Crippen LogP contribution in [0.1, 0.15) is 44.2 Å². The lowest BCUT2D eigenvalue weighted by Gasteiger charge is -2.23. The Labute approximate surface area is 115 Å². The molecule has 0 aliphatic rings. The highest BCUT2D eigenvalue weighted by atomic mass is 28.2. The Bertz CT molecular complexity index is 385. The lowest BCUT2D eigenvalue weighted by molar-refractivity contribution is -0.137. The summed E-state index contributed by atoms with van der Waals surface area (Å²) in [5, 5.41) is 0. The van der Waals surface area contributed by atoms with Crippen molar-refractivity contribution in [2.45, 2.75) is 51.3 Å². The van der Waals surface area contributed by atoms with Gasteiger partial charge in [-0.1, -0.05) is 18.6 Å². The first kappa shape index (κ1) is 16.2. The van der Waals surface area contributed by atoms with Gasteiger partial charge in [-0.2, -0.15) is 13.2 Å². The van der Waals surface area contributed by atoms with Gasteiger partial charge in [0, 0.05) is 5.60 Å². The molecule has 1 aromatic carbocycles. The van der Waals surface area contributed by atoms with Crippen molar-refractivity contribution < 1.29 is 17.6 Å². The number of rotatable bonds is 6. The van der Waals surface area contributed by atoms with Crippen molar-refractivity contribution in [2.24, 2.45) is 0 Å². The summed E-state index contributed by atoms with van der Waals surface area (Å²) >= 11 is 0. The molecule has 0 bridgehead atoms. The molecular formula is C14H21F3OSi. The van der Waals surface area contributed by atoms with Gasteiger partial charge in [0.15, 0.2) is 0 Å². The molecule has 0 aliphatic carbocycles. The normalized spacial score (nSPS) is 12.9. The summed E-state index contributed by atoms with van der Waals surface area (Å²) < 4.78 is 42.6. The van der Waals surface area contributed by atoms with E-state index in [1.807, 2.05) is 0 Å². The third-order valence-electron chi connectivity index (χ3n) is 3.33. The fourth-order valence-electron chi connectivity index (χ4n) is 1.84. The van der Waals surface area contributed by atoms with Crippen molar-refractivity contribution in [3.8, 4) is 0 Å². The van der Waals surface area contributed by atoms with Crippen LogP contribution in [0.15, 0.2) is 24.3 Å². The highest BCUT2D eigenvalue weighted by Gasteiger charge is 2.29. The molecule has 0 radical (unpaired) electrons. The summed E-state index contributed by atoms with van der Waals surface area (Å²) in [7, 11) is 0.729. The lowest BCUT2D eigenvalue weighted by Crippen LogP contribution is -2.22. The number of halogens is 3. The molecule has 5 heteroatoms. The predicted octanol–water partition coefficient (Wildman–Crippen LogP) is 3.49. The molecule has 0 spiro atoms. The molecule has 1 aromatic rings. The van der Waals surface area contributed by atoms with E-state index in [1.54, 1.807) is 12.1 Å². The first-order valence-corrected chi connectivity index (χ1v) is 7.27. The van der Waals surface area contributed by atoms with Crippen LogP contribution in [0.5, 0.6) is 0 Å². The number of aryl methyl sites for hydroxylation is 1. The van der Waals surface area contributed by atoms with Gasteiger partial charge in [0.25, 0.3) is 0 Å². The van der Waals surface area contributed by atoms with Crippen LogP contribution in [0.3, 0.4) is 0 Å². The van der Waals surface area contributed by atoms with Gasteiger partial charge >= 0.3 is 6.18 Å². The summed E-state index contributed by atoms with van der Waals surface area (Å²) in [5.74, 6) is 0. The average molecular weight is 290 g/mol. The van der Waals surface area contributed by atoms with Crippen LogP contribution in [-0.4, -0.2) is 16.1 Å². The zero-order valence-electron chi connectivity index (χ0n) is 11.7. The van der Waals surface area contributed by atoms with Crippen LogP contribution < -0.4 is 0 Å². The second-order valence-electron chi connectivity index (χ2n) is 5.37. The van der Waals surface area contributed by atoms with Gasteiger partial charge in [-0.05, 0) is 50.8 Å². The Morgan fingerprint density at radius 2 is 1.63 bits per heavy atom. The zero-order valence-corrected chi connectivity index (χ0v) is 13.7. The molecule has 0 heterocycles. The van der Waals surface area contributed by atoms with Crippen LogP contribution in [0.4, 0.5) is 13.2 Å². The SMILES string of the molecule is CC(C)(CCCCc1ccc(C(F)(F)F)cc1)O[SiH3]. The summed E-state index contributed by atoms with van der Waals surface area (Å²) in [4.78, 5) is 0. The maximum atomic E-state index is 12.4. The van der Waals surface area contributed by atoms with Gasteiger partial charge in [0.05, 0.1) is 5.56 Å². The van der Waals surface area contributed by atoms with Gasteiger partial charge < -0.3 is 4.43 Å². The largest absolute Gasteiger partial charge is 0.423 e. The Balaban J connectivity index is 2.39. The summed E-state index contributed by atoms with van der Waals surface area (Å²) in [6, 6.07) is 5.44. The lowest BCUT2D eigenvalue weighted by atomic mass is 9.99. The zero-order chi connectivity index (χ0) is 14.5. The van der Waals surface area contributed by atoms with E-state index in [-0.39, 0.29) is 5.60 Å². The van der Waals surface area contributed by atoms with Gasteiger partial charge in [-0.15, -0.1) is 0 Å². The molecule has 0 saturated carbocycles. The number of benzene rings is 1. The van der Waals surface area contributed by atoms with E-state index in [0.29, 0.717) is 0 Å². The molecule has 1 rings (SSSR count). The molecule has 19 heavy (non-hydrogen) atoms. The maximum absolute atomic E-state index is 12.4. The van der Waals surface area contributed by atoms with E-state index >= 15 is 0 Å². The first-order valence-electron chi connectivity index (χ1n) is 6.46. The molecule has 0 aromatic heterocycles. The van der Waals surface area contributed by atoms with Crippen LogP contribution in [0.2, 0.25) is 0 Å². The van der Waals surface area contributed by atoms with E-state index in [2.05, 4.69) is 13.8 Å². The molecule has 0 unspecified atom stereocenters. The molecule has 0 amide bonds. The number of hydrogen-bond donors (Lipinski definition) is 0. The van der Waals surface area contributed by atoms with Crippen molar-refractivity contribution in [1.82, 2.24) is 0 Å². The summed E-state index contributed by atoms with van der Waals surface area (Å²) in [5.41, 5.74) is 0.311. The maximum Gasteiger partial charge on any atom is 0.416 e. The van der Waals surface area contributed by atoms with Gasteiger partial charge in [0.1, 0.15) is 10.5 Å². The summed E-state index contributed by atoms with van der Waals surface area (Å²) in [6.07, 6.45) is -0.451. The third kappa shape index (κ3) is 5.78. The Kier molecular flexibility index (Phi) is 5.61. The highest BCUT2D eigenvalue weighted by molar-refractivity contribution is 5.98. The number of hydrogen-bond acceptors (Lipinski definition) is 1. The van der Waals surface area contributed by atoms with Crippen molar-refractivity contribution in [3.63, 3.8) is 0 Å². The first-order chi connectivity index (χ1) is 8.74. The molecule has 0 fully saturated rings. The Morgan fingerprint density at radius 1 is 1.05 bits per heavy atom. The van der Waals surface area contributed by atoms with E-state index in [9.17, 15) is 13.2 Å². The molecule has 1 nitrogen and oxygen atoms in total. The van der Waals surface area contributed by atoms with Crippen LogP contribution in [-0.2, 0) is 17.0 Å². The minimum absolute atomic E-state index is 0.0631. The van der Waals surface area contributed by atoms with Crippen LogP contribution in [0.25, 0.3) is 0 Å². The monoisotopic (exact) mass is 290 g/mol. The van der Waals surface area contributed by atoms with Crippen LogP contribution >= 0.6 is 0 Å². The summed E-state index contributed by atoms with van der Waals surface area (Å²) in [6.45, 7) is 4.14. The predicted molar refractivity (Wildman–Crippen MR) is 74.1 cm³/mol. The van der Waals surface area contributed by atoms with Crippen molar-refractivity contribution in [3.05, 3.63) is 35.4 Å². The standard InChI is InChI=1S/C14H21F3OSi/c1-13(2,18-19)10-4-3-5-11-6-8-12(9-7-11)14(15,16)17/h6-9H,3-5,10H2,1-2,19H3. The Hall–Kier alpha value is -0.813. The average Bonchev–Trinajstić information content (AvgIpc) is 2.34. The van der Waals surface area contributed by atoms with Gasteiger partial charge in [0.2, 0.25) is 0 Å². The topological polar surface area (TPSA) is 9.23 Å². The quantitative estimate of drug-likeness (QED) is 0.575. The second-order valence-corrected chi connectivity index (χ2v) is 5.77. The van der Waals surface area contributed by atoms with Gasteiger partial charge in [-0.3, -0.25) is 0 Å². The smallest absolute Gasteiger partial charge is 0.416 e. The molecule has 108 valence electrons. The van der Waals surface area contributed by atoms with Crippen molar-refractivity contribution >= 4 is 10.5 Å². The van der Waals surface area contributed by atoms with E-state index in [0.717, 1.165) is 53.9 Å². The van der Waals surface area contributed by atoms with Crippen molar-refractivity contribution in [1.29, 1.82) is 0 Å². The Morgan fingerprint density at radius 3 is 2.11 bits per heavy atom. The third-order valence-corrected chi connectivity index (χ3v) is 4.43. The fraction of sp³-hybridized carbons (Fsp3) is 0.571. The number of alkyl halides is 3. The van der Waals surface area contributed by atoms with E-state index in [4.69, 9.17) is 4.43 Å². The van der Waals surface area contributed by atoms with Gasteiger partial charge in [-0.25, -0.2) is 0 Å². The minimum atomic E-state index is -4.25. The second kappa shape index (κ2) is 6.57.